The summed E-state index contributed by atoms with van der Waals surface area (Å²) in [6.45, 7) is 6.53. The number of nitrogen functional groups attached to an aromatic ring is 1. The second-order valence-corrected chi connectivity index (χ2v) is 4.59. The van der Waals surface area contributed by atoms with Gasteiger partial charge in [-0.15, -0.1) is 0 Å². The number of hydrogen-bond donors (Lipinski definition) is 2. The summed E-state index contributed by atoms with van der Waals surface area (Å²) in [4.78, 5) is 0. The molecule has 0 aliphatic rings. The van der Waals surface area contributed by atoms with Crippen molar-refractivity contribution in [1.29, 1.82) is 5.26 Å². The quantitative estimate of drug-likeness (QED) is 0.762. The molecule has 0 aliphatic heterocycles. The first-order valence-electron chi connectivity index (χ1n) is 5.59. The van der Waals surface area contributed by atoms with Crippen LogP contribution in [0.2, 0.25) is 0 Å². The molecule has 0 radical (unpaired) electrons. The van der Waals surface area contributed by atoms with Gasteiger partial charge in [0.15, 0.2) is 0 Å². The minimum atomic E-state index is 0.384. The number of nitrogens with zero attached hydrogens (tertiary/aromatic N) is 1. The molecule has 3 N–H and O–H groups in total. The Bertz CT molecular complexity index is 391. The van der Waals surface area contributed by atoms with Gasteiger partial charge in [-0.3, -0.25) is 0 Å². The maximum Gasteiger partial charge on any atom is 0.0992 e. The number of nitrogens with one attached hydrogen (secondary N) is 1. The summed E-state index contributed by atoms with van der Waals surface area (Å²) in [6.07, 6.45) is 1.10. The minimum absolute atomic E-state index is 0.384. The van der Waals surface area contributed by atoms with Gasteiger partial charge in [0.25, 0.3) is 0 Å². The van der Waals surface area contributed by atoms with Crippen LogP contribution in [0.15, 0.2) is 18.2 Å². The van der Waals surface area contributed by atoms with Gasteiger partial charge in [0.1, 0.15) is 0 Å². The predicted molar refractivity (Wildman–Crippen MR) is 68.1 cm³/mol. The van der Waals surface area contributed by atoms with E-state index in [1.807, 2.05) is 6.07 Å². The molecular weight excluding hydrogens is 198 g/mol. The van der Waals surface area contributed by atoms with Crippen molar-refractivity contribution in [2.75, 3.05) is 11.1 Å². The van der Waals surface area contributed by atoms with Crippen molar-refractivity contribution in [1.82, 2.24) is 0 Å². The van der Waals surface area contributed by atoms with Crippen LogP contribution >= 0.6 is 0 Å². The molecule has 0 amide bonds. The molecule has 1 unspecified atom stereocenters. The van der Waals surface area contributed by atoms with Gasteiger partial charge < -0.3 is 11.1 Å². The average Bonchev–Trinajstić information content (AvgIpc) is 2.19. The van der Waals surface area contributed by atoms with Gasteiger partial charge in [0, 0.05) is 6.04 Å². The van der Waals surface area contributed by atoms with E-state index in [0.29, 0.717) is 23.2 Å². The Kier molecular flexibility index (Phi) is 4.19. The molecule has 0 aliphatic carbocycles. The number of nitriles is 1. The molecule has 0 bridgehead atoms. The maximum atomic E-state index is 8.73. The van der Waals surface area contributed by atoms with Crippen LogP contribution in [0.25, 0.3) is 0 Å². The molecular formula is C13H19N3. The van der Waals surface area contributed by atoms with E-state index in [1.54, 1.807) is 12.1 Å². The fourth-order valence-electron chi connectivity index (χ4n) is 1.80. The summed E-state index contributed by atoms with van der Waals surface area (Å²) in [6, 6.07) is 7.80. The highest BCUT2D eigenvalue weighted by Crippen LogP contribution is 2.21. The Morgan fingerprint density at radius 3 is 2.56 bits per heavy atom. The number of nitrogens with two attached hydrogens (primary N) is 1. The standard InChI is InChI=1S/C13H19N3/c1-9(2)6-10(3)16-13-5-4-11(8-14)7-12(13)15/h4-5,7,9-10,16H,6,15H2,1-3H3. The Hall–Kier alpha value is -1.69. The molecule has 1 rings (SSSR count). The Labute approximate surface area is 97.3 Å². The summed E-state index contributed by atoms with van der Waals surface area (Å²) in [5.41, 5.74) is 8.00. The van der Waals surface area contributed by atoms with Crippen molar-refractivity contribution in [3.8, 4) is 6.07 Å². The summed E-state index contributed by atoms with van der Waals surface area (Å²) in [5, 5.41) is 12.1. The molecule has 86 valence electrons. The molecule has 1 aromatic rings. The van der Waals surface area contributed by atoms with Crippen molar-refractivity contribution in [2.45, 2.75) is 33.2 Å². The normalized spacial score (nSPS) is 12.2. The summed E-state index contributed by atoms with van der Waals surface area (Å²) >= 11 is 0. The van der Waals surface area contributed by atoms with Crippen molar-refractivity contribution in [2.24, 2.45) is 5.92 Å². The molecule has 3 nitrogen and oxygen atoms in total. The van der Waals surface area contributed by atoms with Crippen LogP contribution < -0.4 is 11.1 Å². The van der Waals surface area contributed by atoms with E-state index >= 15 is 0 Å². The Morgan fingerprint density at radius 2 is 2.06 bits per heavy atom. The average molecular weight is 217 g/mol. The number of rotatable bonds is 4. The summed E-state index contributed by atoms with van der Waals surface area (Å²) in [5.74, 6) is 0.655. The first-order valence-corrected chi connectivity index (χ1v) is 5.59. The van der Waals surface area contributed by atoms with Crippen LogP contribution in [0.3, 0.4) is 0 Å². The zero-order chi connectivity index (χ0) is 12.1. The lowest BCUT2D eigenvalue weighted by atomic mass is 10.0. The highest BCUT2D eigenvalue weighted by atomic mass is 14.9. The van der Waals surface area contributed by atoms with Crippen LogP contribution in [0.4, 0.5) is 11.4 Å². The van der Waals surface area contributed by atoms with Gasteiger partial charge in [-0.05, 0) is 37.5 Å². The molecule has 0 heterocycles. The van der Waals surface area contributed by atoms with E-state index < -0.39 is 0 Å². The van der Waals surface area contributed by atoms with Crippen LogP contribution in [-0.2, 0) is 0 Å². The first kappa shape index (κ1) is 12.4. The van der Waals surface area contributed by atoms with Gasteiger partial charge in [-0.25, -0.2) is 0 Å². The molecule has 16 heavy (non-hydrogen) atoms. The molecule has 0 saturated heterocycles. The van der Waals surface area contributed by atoms with E-state index in [0.717, 1.165) is 12.1 Å². The zero-order valence-corrected chi connectivity index (χ0v) is 10.1. The fourth-order valence-corrected chi connectivity index (χ4v) is 1.80. The summed E-state index contributed by atoms with van der Waals surface area (Å²) in [7, 11) is 0. The van der Waals surface area contributed by atoms with Crippen molar-refractivity contribution >= 4 is 11.4 Å². The van der Waals surface area contributed by atoms with E-state index in [4.69, 9.17) is 11.0 Å². The van der Waals surface area contributed by atoms with Crippen LogP contribution in [-0.4, -0.2) is 6.04 Å². The zero-order valence-electron chi connectivity index (χ0n) is 10.1. The highest BCUT2D eigenvalue weighted by Gasteiger charge is 2.07. The van der Waals surface area contributed by atoms with Crippen LogP contribution in [0.1, 0.15) is 32.8 Å². The van der Waals surface area contributed by atoms with Crippen molar-refractivity contribution < 1.29 is 0 Å². The fraction of sp³-hybridized carbons (Fsp3) is 0.462. The second-order valence-electron chi connectivity index (χ2n) is 4.59. The first-order chi connectivity index (χ1) is 7.52. The molecule has 0 fully saturated rings. The SMILES string of the molecule is CC(C)CC(C)Nc1ccc(C#N)cc1N. The van der Waals surface area contributed by atoms with Crippen molar-refractivity contribution in [3.05, 3.63) is 23.8 Å². The van der Waals surface area contributed by atoms with Crippen LogP contribution in [0, 0.1) is 17.2 Å². The largest absolute Gasteiger partial charge is 0.397 e. The third-order valence-electron chi connectivity index (χ3n) is 2.41. The number of anilines is 2. The van der Waals surface area contributed by atoms with Crippen molar-refractivity contribution in [3.63, 3.8) is 0 Å². The number of benzene rings is 1. The molecule has 0 spiro atoms. The van der Waals surface area contributed by atoms with E-state index in [2.05, 4.69) is 32.2 Å². The van der Waals surface area contributed by atoms with E-state index in [-0.39, 0.29) is 0 Å². The third-order valence-corrected chi connectivity index (χ3v) is 2.41. The van der Waals surface area contributed by atoms with E-state index in [9.17, 15) is 0 Å². The van der Waals surface area contributed by atoms with E-state index in [1.165, 1.54) is 0 Å². The molecule has 3 heteroatoms. The lowest BCUT2D eigenvalue weighted by Gasteiger charge is -2.18. The third kappa shape index (κ3) is 3.47. The van der Waals surface area contributed by atoms with Gasteiger partial charge in [0.05, 0.1) is 23.0 Å². The lowest BCUT2D eigenvalue weighted by Crippen LogP contribution is -2.18. The highest BCUT2D eigenvalue weighted by molar-refractivity contribution is 5.68. The van der Waals surface area contributed by atoms with Gasteiger partial charge >= 0.3 is 0 Å². The monoisotopic (exact) mass is 217 g/mol. The lowest BCUT2D eigenvalue weighted by molar-refractivity contribution is 0.540. The van der Waals surface area contributed by atoms with Crippen LogP contribution in [0.5, 0.6) is 0 Å². The van der Waals surface area contributed by atoms with Gasteiger partial charge in [0.2, 0.25) is 0 Å². The topological polar surface area (TPSA) is 61.8 Å². The summed E-state index contributed by atoms with van der Waals surface area (Å²) < 4.78 is 0. The molecule has 1 aromatic carbocycles. The Morgan fingerprint density at radius 1 is 1.38 bits per heavy atom. The molecule has 1 atom stereocenters. The Balaban J connectivity index is 2.71. The smallest absolute Gasteiger partial charge is 0.0992 e. The minimum Gasteiger partial charge on any atom is -0.397 e. The number of hydrogen-bond acceptors (Lipinski definition) is 3. The maximum absolute atomic E-state index is 8.73. The van der Waals surface area contributed by atoms with Gasteiger partial charge in [-0.2, -0.15) is 5.26 Å². The molecule has 0 saturated carbocycles. The molecule has 0 aromatic heterocycles. The second kappa shape index (κ2) is 5.41. The predicted octanol–water partition coefficient (Wildman–Crippen LogP) is 2.99. The van der Waals surface area contributed by atoms with Gasteiger partial charge in [-0.1, -0.05) is 13.8 Å².